The highest BCUT2D eigenvalue weighted by Crippen LogP contribution is 2.23. The third-order valence-electron chi connectivity index (χ3n) is 3.63. The van der Waals surface area contributed by atoms with Crippen molar-refractivity contribution in [3.8, 4) is 0 Å². The van der Waals surface area contributed by atoms with E-state index in [1.807, 2.05) is 0 Å². The summed E-state index contributed by atoms with van der Waals surface area (Å²) in [6.07, 6.45) is 4.98. The molecule has 3 nitrogen and oxygen atoms in total. The van der Waals surface area contributed by atoms with Crippen molar-refractivity contribution in [2.24, 2.45) is 5.73 Å². The molecule has 1 saturated carbocycles. The predicted octanol–water partition coefficient (Wildman–Crippen LogP) is 2.55. The lowest BCUT2D eigenvalue weighted by molar-refractivity contribution is -0.120. The molecule has 0 radical (unpaired) electrons. The number of primary amides is 1. The molecule has 0 aromatic heterocycles. The quantitative estimate of drug-likeness (QED) is 0.836. The van der Waals surface area contributed by atoms with Crippen molar-refractivity contribution in [1.82, 2.24) is 5.32 Å². The molecule has 1 fully saturated rings. The van der Waals surface area contributed by atoms with Gasteiger partial charge in [0.1, 0.15) is 6.04 Å². The number of nitrogens with two attached hydrogens (primary N) is 1. The van der Waals surface area contributed by atoms with Crippen molar-refractivity contribution < 1.29 is 18.0 Å². The van der Waals surface area contributed by atoms with Crippen LogP contribution in [0.15, 0.2) is 12.1 Å². The van der Waals surface area contributed by atoms with Gasteiger partial charge < -0.3 is 5.73 Å². The van der Waals surface area contributed by atoms with E-state index in [0.29, 0.717) is 0 Å². The van der Waals surface area contributed by atoms with Crippen LogP contribution in [0.4, 0.5) is 13.2 Å². The summed E-state index contributed by atoms with van der Waals surface area (Å²) in [4.78, 5) is 11.5. The number of hydrogen-bond acceptors (Lipinski definition) is 2. The van der Waals surface area contributed by atoms with Gasteiger partial charge in [-0.1, -0.05) is 19.3 Å². The zero-order chi connectivity index (χ0) is 14.7. The second-order valence-corrected chi connectivity index (χ2v) is 5.14. The van der Waals surface area contributed by atoms with Crippen LogP contribution in [-0.2, 0) is 4.79 Å². The standard InChI is InChI=1S/C14H17F3N2O/c15-10-6-8(7-11(16)12(10)17)13(14(18)20)19-9-4-2-1-3-5-9/h6-7,9,13,19H,1-5H2,(H2,18,20). The lowest BCUT2D eigenvalue weighted by Gasteiger charge is -2.27. The molecular formula is C14H17F3N2O. The fraction of sp³-hybridized carbons (Fsp3) is 0.500. The Balaban J connectivity index is 2.21. The Hall–Kier alpha value is -1.56. The molecule has 20 heavy (non-hydrogen) atoms. The van der Waals surface area contributed by atoms with Crippen LogP contribution < -0.4 is 11.1 Å². The fourth-order valence-corrected chi connectivity index (χ4v) is 2.59. The van der Waals surface area contributed by atoms with Crippen LogP contribution >= 0.6 is 0 Å². The second kappa shape index (κ2) is 6.26. The predicted molar refractivity (Wildman–Crippen MR) is 68.3 cm³/mol. The first-order chi connectivity index (χ1) is 9.49. The largest absolute Gasteiger partial charge is 0.368 e. The Morgan fingerprint density at radius 3 is 2.20 bits per heavy atom. The molecule has 0 spiro atoms. The zero-order valence-corrected chi connectivity index (χ0v) is 11.0. The first-order valence-corrected chi connectivity index (χ1v) is 6.69. The van der Waals surface area contributed by atoms with Crippen molar-refractivity contribution in [2.45, 2.75) is 44.2 Å². The smallest absolute Gasteiger partial charge is 0.239 e. The van der Waals surface area contributed by atoms with E-state index in [0.717, 1.165) is 44.2 Å². The number of rotatable bonds is 4. The maximum Gasteiger partial charge on any atom is 0.239 e. The monoisotopic (exact) mass is 286 g/mol. The minimum atomic E-state index is -1.55. The van der Waals surface area contributed by atoms with Crippen LogP contribution in [0.5, 0.6) is 0 Å². The van der Waals surface area contributed by atoms with Gasteiger partial charge in [0.15, 0.2) is 17.5 Å². The highest BCUT2D eigenvalue weighted by molar-refractivity contribution is 5.81. The number of amides is 1. The molecule has 0 saturated heterocycles. The maximum absolute atomic E-state index is 13.2. The van der Waals surface area contributed by atoms with Crippen molar-refractivity contribution in [3.63, 3.8) is 0 Å². The fourth-order valence-electron chi connectivity index (χ4n) is 2.59. The first kappa shape index (κ1) is 14.8. The molecule has 0 heterocycles. The van der Waals surface area contributed by atoms with Gasteiger partial charge in [-0.2, -0.15) is 0 Å². The number of nitrogens with one attached hydrogen (secondary N) is 1. The molecule has 1 aromatic carbocycles. The molecule has 1 atom stereocenters. The summed E-state index contributed by atoms with van der Waals surface area (Å²) >= 11 is 0. The number of halogens is 3. The van der Waals surface area contributed by atoms with Gasteiger partial charge >= 0.3 is 0 Å². The van der Waals surface area contributed by atoms with Crippen LogP contribution in [-0.4, -0.2) is 11.9 Å². The molecule has 1 aromatic rings. The molecule has 110 valence electrons. The minimum Gasteiger partial charge on any atom is -0.368 e. The SMILES string of the molecule is NC(=O)C(NC1CCCCC1)c1cc(F)c(F)c(F)c1. The summed E-state index contributed by atoms with van der Waals surface area (Å²) in [5.74, 6) is -4.93. The van der Waals surface area contributed by atoms with E-state index in [4.69, 9.17) is 5.73 Å². The van der Waals surface area contributed by atoms with E-state index in [1.165, 1.54) is 0 Å². The van der Waals surface area contributed by atoms with Gasteiger partial charge in [-0.05, 0) is 30.5 Å². The summed E-state index contributed by atoms with van der Waals surface area (Å²) < 4.78 is 39.4. The van der Waals surface area contributed by atoms with Gasteiger partial charge in [0.2, 0.25) is 5.91 Å². The topological polar surface area (TPSA) is 55.1 Å². The number of hydrogen-bond donors (Lipinski definition) is 2. The summed E-state index contributed by atoms with van der Waals surface area (Å²) in [7, 11) is 0. The number of carbonyl (C=O) groups excluding carboxylic acids is 1. The average Bonchev–Trinajstić information content (AvgIpc) is 2.42. The van der Waals surface area contributed by atoms with E-state index in [2.05, 4.69) is 5.32 Å². The van der Waals surface area contributed by atoms with Crippen LogP contribution in [0.3, 0.4) is 0 Å². The van der Waals surface area contributed by atoms with Crippen molar-refractivity contribution in [1.29, 1.82) is 0 Å². The molecule has 2 rings (SSSR count). The third kappa shape index (κ3) is 3.30. The van der Waals surface area contributed by atoms with E-state index >= 15 is 0 Å². The molecule has 6 heteroatoms. The highest BCUT2D eigenvalue weighted by atomic mass is 19.2. The van der Waals surface area contributed by atoms with Gasteiger partial charge in [0.05, 0.1) is 0 Å². The van der Waals surface area contributed by atoms with Crippen LogP contribution in [0.2, 0.25) is 0 Å². The van der Waals surface area contributed by atoms with E-state index in [9.17, 15) is 18.0 Å². The van der Waals surface area contributed by atoms with E-state index in [1.54, 1.807) is 0 Å². The molecule has 0 bridgehead atoms. The Bertz CT molecular complexity index is 478. The molecule has 1 aliphatic rings. The summed E-state index contributed by atoms with van der Waals surface area (Å²) in [5, 5.41) is 3.02. The lowest BCUT2D eigenvalue weighted by Crippen LogP contribution is -2.41. The zero-order valence-electron chi connectivity index (χ0n) is 11.0. The van der Waals surface area contributed by atoms with Crippen molar-refractivity contribution in [2.75, 3.05) is 0 Å². The van der Waals surface area contributed by atoms with Gasteiger partial charge in [-0.15, -0.1) is 0 Å². The van der Waals surface area contributed by atoms with Crippen LogP contribution in [0.1, 0.15) is 43.7 Å². The Morgan fingerprint density at radius 2 is 1.70 bits per heavy atom. The summed E-state index contributed by atoms with van der Waals surface area (Å²) in [5.41, 5.74) is 5.30. The molecule has 0 aliphatic heterocycles. The summed E-state index contributed by atoms with van der Waals surface area (Å²) in [6.45, 7) is 0. The van der Waals surface area contributed by atoms with Gasteiger partial charge in [-0.25, -0.2) is 13.2 Å². The molecular weight excluding hydrogens is 269 g/mol. The Morgan fingerprint density at radius 1 is 1.15 bits per heavy atom. The van der Waals surface area contributed by atoms with Gasteiger partial charge in [0.25, 0.3) is 0 Å². The minimum absolute atomic E-state index is 0.0134. The number of carbonyl (C=O) groups is 1. The van der Waals surface area contributed by atoms with Crippen molar-refractivity contribution in [3.05, 3.63) is 35.1 Å². The normalized spacial score (nSPS) is 17.9. The van der Waals surface area contributed by atoms with E-state index < -0.39 is 29.4 Å². The Labute approximate surface area is 115 Å². The van der Waals surface area contributed by atoms with E-state index in [-0.39, 0.29) is 11.6 Å². The number of benzene rings is 1. The second-order valence-electron chi connectivity index (χ2n) is 5.14. The highest BCUT2D eigenvalue weighted by Gasteiger charge is 2.25. The average molecular weight is 286 g/mol. The van der Waals surface area contributed by atoms with Gasteiger partial charge in [0, 0.05) is 6.04 Å². The molecule has 1 unspecified atom stereocenters. The first-order valence-electron chi connectivity index (χ1n) is 6.69. The Kier molecular flexibility index (Phi) is 4.65. The van der Waals surface area contributed by atoms with Crippen molar-refractivity contribution >= 4 is 5.91 Å². The van der Waals surface area contributed by atoms with Gasteiger partial charge in [-0.3, -0.25) is 10.1 Å². The molecule has 3 N–H and O–H groups in total. The third-order valence-corrected chi connectivity index (χ3v) is 3.63. The molecule has 1 aliphatic carbocycles. The molecule has 1 amide bonds. The van der Waals surface area contributed by atoms with Crippen LogP contribution in [0, 0.1) is 17.5 Å². The van der Waals surface area contributed by atoms with Crippen LogP contribution in [0.25, 0.3) is 0 Å². The summed E-state index contributed by atoms with van der Waals surface area (Å²) in [6, 6.07) is 0.688. The maximum atomic E-state index is 13.2. The lowest BCUT2D eigenvalue weighted by atomic mass is 9.93.